The third kappa shape index (κ3) is 7.61. The quantitative estimate of drug-likeness (QED) is 0.614. The summed E-state index contributed by atoms with van der Waals surface area (Å²) in [5, 5.41) is 0. The Bertz CT molecular complexity index is 989. The highest BCUT2D eigenvalue weighted by atomic mass is 32.2. The second kappa shape index (κ2) is 9.06. The lowest BCUT2D eigenvalue weighted by Gasteiger charge is -2.10. The van der Waals surface area contributed by atoms with Gasteiger partial charge in [0.1, 0.15) is 0 Å². The van der Waals surface area contributed by atoms with E-state index in [0.29, 0.717) is 5.56 Å². The summed E-state index contributed by atoms with van der Waals surface area (Å²) >= 11 is 0. The van der Waals surface area contributed by atoms with E-state index in [1.807, 2.05) is 0 Å². The van der Waals surface area contributed by atoms with Crippen molar-refractivity contribution in [3.63, 3.8) is 0 Å². The number of rotatable bonds is 9. The maximum atomic E-state index is 12.7. The Labute approximate surface area is 162 Å². The van der Waals surface area contributed by atoms with Crippen LogP contribution in [-0.4, -0.2) is 29.1 Å². The Kier molecular flexibility index (Phi) is 7.24. The molecule has 2 aromatic carbocycles. The lowest BCUT2D eigenvalue weighted by Crippen LogP contribution is -2.27. The van der Waals surface area contributed by atoms with Crippen molar-refractivity contribution in [1.82, 2.24) is 4.72 Å². The summed E-state index contributed by atoms with van der Waals surface area (Å²) in [6.45, 7) is -0.116. The van der Waals surface area contributed by atoms with Crippen LogP contribution in [0.2, 0.25) is 0 Å². The fourth-order valence-electron chi connectivity index (χ4n) is 2.53. The first-order chi connectivity index (χ1) is 13.0. The smallest absolute Gasteiger partial charge is 0.228 e. The van der Waals surface area contributed by atoms with E-state index < -0.39 is 37.4 Å². The van der Waals surface area contributed by atoms with Gasteiger partial charge in [0, 0.05) is 6.54 Å². The third-order valence-corrected chi connectivity index (χ3v) is 6.84. The van der Waals surface area contributed by atoms with Gasteiger partial charge in [-0.25, -0.2) is 21.6 Å². The maximum absolute atomic E-state index is 12.7. The molecule has 5 nitrogen and oxygen atoms in total. The monoisotopic (exact) mass is 435 g/mol. The molecule has 0 heterocycles. The summed E-state index contributed by atoms with van der Waals surface area (Å²) in [6.07, 6.45) is -4.49. The standard InChI is InChI=1S/C18H20F3NO4S2/c19-18(20,21)17-9-4-8-16(12-17)14-28(25,26)22-10-5-11-27(23,24)13-15-6-2-1-3-7-15/h1-4,6-9,12,22H,5,10-11,13-14H2. The third-order valence-electron chi connectivity index (χ3n) is 3.79. The van der Waals surface area contributed by atoms with E-state index in [2.05, 4.69) is 4.72 Å². The van der Waals surface area contributed by atoms with Crippen LogP contribution in [0.4, 0.5) is 13.2 Å². The van der Waals surface area contributed by atoms with Crippen LogP contribution in [-0.2, 0) is 37.5 Å². The number of hydrogen-bond donors (Lipinski definition) is 1. The van der Waals surface area contributed by atoms with Crippen molar-refractivity contribution in [2.75, 3.05) is 12.3 Å². The molecule has 0 amide bonds. The summed E-state index contributed by atoms with van der Waals surface area (Å²) in [7, 11) is -7.28. The first kappa shape index (κ1) is 22.4. The van der Waals surface area contributed by atoms with E-state index in [4.69, 9.17) is 0 Å². The van der Waals surface area contributed by atoms with Crippen molar-refractivity contribution in [3.05, 3.63) is 71.3 Å². The molecule has 28 heavy (non-hydrogen) atoms. The Morgan fingerprint density at radius 3 is 2.11 bits per heavy atom. The van der Waals surface area contributed by atoms with Gasteiger partial charge in [-0.2, -0.15) is 13.2 Å². The first-order valence-electron chi connectivity index (χ1n) is 8.35. The van der Waals surface area contributed by atoms with Gasteiger partial charge in [-0.15, -0.1) is 0 Å². The normalized spacial score (nSPS) is 12.8. The Morgan fingerprint density at radius 1 is 0.821 bits per heavy atom. The van der Waals surface area contributed by atoms with Gasteiger partial charge < -0.3 is 0 Å². The summed E-state index contributed by atoms with van der Waals surface area (Å²) in [5.74, 6) is -0.952. The average Bonchev–Trinajstić information content (AvgIpc) is 2.58. The van der Waals surface area contributed by atoms with Crippen molar-refractivity contribution in [2.45, 2.75) is 24.1 Å². The summed E-state index contributed by atoms with van der Waals surface area (Å²) in [4.78, 5) is 0. The van der Waals surface area contributed by atoms with Crippen LogP contribution in [0.5, 0.6) is 0 Å². The maximum Gasteiger partial charge on any atom is 0.416 e. The molecule has 0 radical (unpaired) electrons. The number of sulfone groups is 1. The zero-order valence-electron chi connectivity index (χ0n) is 14.8. The minimum Gasteiger partial charge on any atom is -0.228 e. The van der Waals surface area contributed by atoms with E-state index >= 15 is 0 Å². The Hall–Kier alpha value is -1.91. The van der Waals surface area contributed by atoms with Crippen molar-refractivity contribution in [3.8, 4) is 0 Å². The molecule has 154 valence electrons. The van der Waals surface area contributed by atoms with E-state index in [0.717, 1.165) is 18.2 Å². The molecule has 0 fully saturated rings. The van der Waals surface area contributed by atoms with E-state index in [9.17, 15) is 30.0 Å². The van der Waals surface area contributed by atoms with Crippen LogP contribution in [0.3, 0.4) is 0 Å². The molecule has 10 heteroatoms. The molecule has 0 bridgehead atoms. The van der Waals surface area contributed by atoms with Gasteiger partial charge in [0.25, 0.3) is 0 Å². The second-order valence-electron chi connectivity index (χ2n) is 6.28. The Morgan fingerprint density at radius 2 is 1.46 bits per heavy atom. The molecule has 0 unspecified atom stereocenters. The van der Waals surface area contributed by atoms with Crippen molar-refractivity contribution in [1.29, 1.82) is 0 Å². The van der Waals surface area contributed by atoms with Gasteiger partial charge in [0.2, 0.25) is 10.0 Å². The number of benzene rings is 2. The fourth-order valence-corrected chi connectivity index (χ4v) is 5.13. The second-order valence-corrected chi connectivity index (χ2v) is 10.3. The van der Waals surface area contributed by atoms with Gasteiger partial charge in [-0.3, -0.25) is 0 Å². The van der Waals surface area contributed by atoms with Crippen molar-refractivity contribution < 1.29 is 30.0 Å². The van der Waals surface area contributed by atoms with E-state index in [-0.39, 0.29) is 30.0 Å². The molecule has 2 rings (SSSR count). The zero-order chi connectivity index (χ0) is 20.8. The molecule has 0 spiro atoms. The summed E-state index contributed by atoms with van der Waals surface area (Å²) in [6, 6.07) is 12.7. The van der Waals surface area contributed by atoms with Gasteiger partial charge in [-0.1, -0.05) is 48.5 Å². The molecular formula is C18H20F3NO4S2. The van der Waals surface area contributed by atoms with Crippen molar-refractivity contribution >= 4 is 19.9 Å². The van der Waals surface area contributed by atoms with Gasteiger partial charge in [0.15, 0.2) is 9.84 Å². The number of hydrogen-bond acceptors (Lipinski definition) is 4. The summed E-state index contributed by atoms with van der Waals surface area (Å²) < 4.78 is 88.5. The van der Waals surface area contributed by atoms with Gasteiger partial charge >= 0.3 is 6.18 Å². The molecule has 1 N–H and O–H groups in total. The fraction of sp³-hybridized carbons (Fsp3) is 0.333. The van der Waals surface area contributed by atoms with Gasteiger partial charge in [-0.05, 0) is 23.6 Å². The molecule has 0 aliphatic carbocycles. The van der Waals surface area contributed by atoms with Crippen LogP contribution in [0.1, 0.15) is 23.1 Å². The molecule has 0 aliphatic heterocycles. The van der Waals surface area contributed by atoms with Crippen LogP contribution >= 0.6 is 0 Å². The highest BCUT2D eigenvalue weighted by Gasteiger charge is 2.30. The minimum absolute atomic E-state index is 0.000904. The topological polar surface area (TPSA) is 80.3 Å². The van der Waals surface area contributed by atoms with E-state index in [1.165, 1.54) is 6.07 Å². The molecule has 0 saturated carbocycles. The van der Waals surface area contributed by atoms with Crippen LogP contribution in [0, 0.1) is 0 Å². The predicted molar refractivity (Wildman–Crippen MR) is 101 cm³/mol. The Balaban J connectivity index is 1.85. The largest absolute Gasteiger partial charge is 0.416 e. The highest BCUT2D eigenvalue weighted by molar-refractivity contribution is 7.90. The lowest BCUT2D eigenvalue weighted by atomic mass is 10.1. The average molecular weight is 435 g/mol. The lowest BCUT2D eigenvalue weighted by molar-refractivity contribution is -0.137. The number of alkyl halides is 3. The SMILES string of the molecule is O=S(=O)(CCCNS(=O)(=O)Cc1cccc(C(F)(F)F)c1)Cc1ccccc1. The molecule has 0 atom stereocenters. The molecule has 2 aromatic rings. The first-order valence-corrected chi connectivity index (χ1v) is 11.8. The van der Waals surface area contributed by atoms with Crippen LogP contribution < -0.4 is 4.72 Å². The van der Waals surface area contributed by atoms with Crippen LogP contribution in [0.25, 0.3) is 0 Å². The number of nitrogens with one attached hydrogen (secondary N) is 1. The number of halogens is 3. The number of sulfonamides is 1. The van der Waals surface area contributed by atoms with Crippen LogP contribution in [0.15, 0.2) is 54.6 Å². The molecular weight excluding hydrogens is 415 g/mol. The predicted octanol–water partition coefficient (Wildman–Crippen LogP) is 3.13. The molecule has 0 aromatic heterocycles. The molecule has 0 aliphatic rings. The summed E-state index contributed by atoms with van der Waals surface area (Å²) in [5.41, 5.74) is -0.279. The molecule has 0 saturated heterocycles. The highest BCUT2D eigenvalue weighted by Crippen LogP contribution is 2.29. The zero-order valence-corrected chi connectivity index (χ0v) is 16.4. The minimum atomic E-state index is -4.56. The van der Waals surface area contributed by atoms with E-state index in [1.54, 1.807) is 30.3 Å². The van der Waals surface area contributed by atoms with Gasteiger partial charge in [0.05, 0.1) is 22.8 Å². The van der Waals surface area contributed by atoms with Crippen molar-refractivity contribution in [2.24, 2.45) is 0 Å².